The molecule has 22 heavy (non-hydrogen) atoms. The van der Waals surface area contributed by atoms with Crippen molar-refractivity contribution in [2.75, 3.05) is 24.6 Å². The van der Waals surface area contributed by atoms with Gasteiger partial charge < -0.3 is 19.9 Å². The first-order valence-corrected chi connectivity index (χ1v) is 7.89. The van der Waals surface area contributed by atoms with Crippen LogP contribution in [0.2, 0.25) is 0 Å². The number of carbonyl (C=O) groups excluding carboxylic acids is 1. The monoisotopic (exact) mass is 322 g/mol. The Morgan fingerprint density at radius 2 is 2.36 bits per heavy atom. The fraction of sp³-hybridized carbons (Fsp3) is 0.429. The van der Waals surface area contributed by atoms with Crippen LogP contribution in [0.3, 0.4) is 0 Å². The van der Waals surface area contributed by atoms with Crippen LogP contribution in [-0.4, -0.2) is 36.5 Å². The summed E-state index contributed by atoms with van der Waals surface area (Å²) < 4.78 is 8.19. The number of benzene rings is 1. The second kappa shape index (κ2) is 5.98. The van der Waals surface area contributed by atoms with Gasteiger partial charge in [0, 0.05) is 19.3 Å². The molecule has 1 atom stereocenters. The fourth-order valence-electron chi connectivity index (χ4n) is 2.35. The highest BCUT2D eigenvalue weighted by Crippen LogP contribution is 2.27. The molecule has 118 valence electrons. The Kier molecular flexibility index (Phi) is 4.04. The normalized spacial score (nSPS) is 19.0. The van der Waals surface area contributed by atoms with Crippen molar-refractivity contribution in [3.8, 4) is 0 Å². The van der Waals surface area contributed by atoms with E-state index in [1.807, 2.05) is 36.7 Å². The van der Waals surface area contributed by atoms with Crippen LogP contribution in [0.25, 0.3) is 10.2 Å². The van der Waals surface area contributed by atoms with E-state index < -0.39 is 0 Å². The molecule has 2 aromatic rings. The van der Waals surface area contributed by atoms with Crippen molar-refractivity contribution in [3.05, 3.63) is 23.0 Å². The van der Waals surface area contributed by atoms with Gasteiger partial charge in [0.25, 0.3) is 0 Å². The molecule has 1 aliphatic rings. The van der Waals surface area contributed by atoms with E-state index in [-0.39, 0.29) is 12.2 Å². The van der Waals surface area contributed by atoms with Crippen molar-refractivity contribution in [3.63, 3.8) is 0 Å². The maximum absolute atomic E-state index is 11.9. The summed E-state index contributed by atoms with van der Waals surface area (Å²) in [5.41, 5.74) is 7.41. The summed E-state index contributed by atoms with van der Waals surface area (Å²) >= 11 is 1.51. The molecule has 0 spiro atoms. The van der Waals surface area contributed by atoms with E-state index in [9.17, 15) is 4.79 Å². The number of amides is 1. The second-order valence-electron chi connectivity index (χ2n) is 4.96. The molecule has 8 heteroatoms. The van der Waals surface area contributed by atoms with Crippen molar-refractivity contribution >= 4 is 33.3 Å². The molecule has 2 N–H and O–H groups in total. The van der Waals surface area contributed by atoms with Crippen molar-refractivity contribution in [1.82, 2.24) is 4.57 Å². The third-order valence-electron chi connectivity index (χ3n) is 3.51. The highest BCUT2D eigenvalue weighted by Gasteiger charge is 2.31. The smallest absolute Gasteiger partial charge is 0.414 e. The Balaban J connectivity index is 1.98. The number of nitrogens with two attached hydrogens (primary N) is 1. The first-order valence-electron chi connectivity index (χ1n) is 7.07. The minimum atomic E-state index is -0.352. The van der Waals surface area contributed by atoms with Gasteiger partial charge in [-0.1, -0.05) is 16.5 Å². The Bertz CT molecular complexity index is 767. The Labute approximate surface area is 131 Å². The minimum absolute atomic E-state index is 0.244. The van der Waals surface area contributed by atoms with Crippen molar-refractivity contribution in [2.45, 2.75) is 13.0 Å². The molecule has 1 aromatic heterocycles. The zero-order valence-electron chi connectivity index (χ0n) is 12.5. The maximum atomic E-state index is 11.9. The van der Waals surface area contributed by atoms with Crippen LogP contribution in [0.4, 0.5) is 10.5 Å². The summed E-state index contributed by atoms with van der Waals surface area (Å²) in [6, 6.07) is 5.83. The summed E-state index contributed by atoms with van der Waals surface area (Å²) in [6.07, 6.45) is -0.596. The van der Waals surface area contributed by atoms with Gasteiger partial charge >= 0.3 is 6.09 Å². The van der Waals surface area contributed by atoms with E-state index >= 15 is 0 Å². The minimum Gasteiger partial charge on any atom is -0.443 e. The largest absolute Gasteiger partial charge is 0.443 e. The molecule has 3 rings (SSSR count). The average Bonchev–Trinajstić information content (AvgIpc) is 3.05. The molecular formula is C14H18N4O3S. The molecule has 0 radical (unpaired) electrons. The molecular weight excluding hydrogens is 304 g/mol. The van der Waals surface area contributed by atoms with Crippen LogP contribution >= 0.6 is 11.3 Å². The van der Waals surface area contributed by atoms with Crippen LogP contribution in [0, 0.1) is 0 Å². The van der Waals surface area contributed by atoms with E-state index in [1.54, 1.807) is 4.90 Å². The Hall–Kier alpha value is -2.06. The maximum Gasteiger partial charge on any atom is 0.414 e. The predicted molar refractivity (Wildman–Crippen MR) is 84.7 cm³/mol. The number of thiazole rings is 1. The lowest BCUT2D eigenvalue weighted by atomic mass is 10.2. The lowest BCUT2D eigenvalue weighted by Gasteiger charge is -2.12. The third-order valence-corrected chi connectivity index (χ3v) is 4.59. The molecule has 1 saturated heterocycles. The van der Waals surface area contributed by atoms with Gasteiger partial charge in [-0.3, -0.25) is 4.90 Å². The van der Waals surface area contributed by atoms with Crippen LogP contribution in [-0.2, 0) is 16.6 Å². The van der Waals surface area contributed by atoms with Gasteiger partial charge in [-0.15, -0.1) is 0 Å². The molecule has 1 amide bonds. The summed E-state index contributed by atoms with van der Waals surface area (Å²) in [5.74, 6) is 0. The molecule has 1 unspecified atom stereocenters. The third kappa shape index (κ3) is 2.55. The van der Waals surface area contributed by atoms with Gasteiger partial charge in [-0.2, -0.15) is 0 Å². The Morgan fingerprint density at radius 1 is 1.55 bits per heavy atom. The number of aromatic nitrogens is 1. The molecule has 2 heterocycles. The molecule has 1 aromatic carbocycles. The van der Waals surface area contributed by atoms with E-state index in [0.717, 1.165) is 20.7 Å². The standard InChI is InChI=1S/C14H18N4O3S/c1-3-20-16-13-17(2)11-5-4-9(6-12(11)22-13)18-8-10(7-15)21-14(18)19/h4-6,10H,3,7-8,15H2,1-2H3. The zero-order chi connectivity index (χ0) is 15.7. The summed E-state index contributed by atoms with van der Waals surface area (Å²) in [7, 11) is 1.94. The molecule has 7 nitrogen and oxygen atoms in total. The molecule has 0 bridgehead atoms. The van der Waals surface area contributed by atoms with Gasteiger partial charge in [-0.25, -0.2) is 4.79 Å². The van der Waals surface area contributed by atoms with E-state index in [0.29, 0.717) is 19.7 Å². The zero-order valence-corrected chi connectivity index (χ0v) is 13.3. The van der Waals surface area contributed by atoms with E-state index in [1.165, 1.54) is 11.3 Å². The van der Waals surface area contributed by atoms with Gasteiger partial charge in [0.1, 0.15) is 12.7 Å². The Morgan fingerprint density at radius 3 is 3.05 bits per heavy atom. The topological polar surface area (TPSA) is 82.1 Å². The number of hydrogen-bond acceptors (Lipinski definition) is 6. The van der Waals surface area contributed by atoms with Gasteiger partial charge in [-0.05, 0) is 25.1 Å². The number of cyclic esters (lactones) is 1. The number of rotatable bonds is 4. The van der Waals surface area contributed by atoms with Gasteiger partial charge in [0.2, 0.25) is 4.80 Å². The lowest BCUT2D eigenvalue weighted by molar-refractivity contribution is 0.145. The molecule has 1 aliphatic heterocycles. The quantitative estimate of drug-likeness (QED) is 0.862. The number of hydrogen-bond donors (Lipinski definition) is 1. The van der Waals surface area contributed by atoms with Crippen LogP contribution < -0.4 is 15.4 Å². The highest BCUT2D eigenvalue weighted by molar-refractivity contribution is 7.16. The van der Waals surface area contributed by atoms with Crippen LogP contribution in [0.1, 0.15) is 6.92 Å². The molecule has 0 saturated carbocycles. The number of fused-ring (bicyclic) bond motifs is 1. The van der Waals surface area contributed by atoms with Crippen molar-refractivity contribution in [1.29, 1.82) is 0 Å². The highest BCUT2D eigenvalue weighted by atomic mass is 32.1. The van der Waals surface area contributed by atoms with Crippen LogP contribution in [0.5, 0.6) is 0 Å². The fourth-order valence-corrected chi connectivity index (χ4v) is 3.37. The molecule has 1 fully saturated rings. The first-order chi connectivity index (χ1) is 10.6. The van der Waals surface area contributed by atoms with Gasteiger partial charge in [0.15, 0.2) is 0 Å². The predicted octanol–water partition coefficient (Wildman–Crippen LogP) is 1.38. The first kappa shape index (κ1) is 14.9. The number of carbonyl (C=O) groups is 1. The van der Waals surface area contributed by atoms with E-state index in [2.05, 4.69) is 5.16 Å². The number of ether oxygens (including phenoxy) is 1. The second-order valence-corrected chi connectivity index (χ2v) is 5.97. The number of aryl methyl sites for hydroxylation is 1. The number of nitrogens with zero attached hydrogens (tertiary/aromatic N) is 3. The molecule has 0 aliphatic carbocycles. The summed E-state index contributed by atoms with van der Waals surface area (Å²) in [5, 5.41) is 4.09. The van der Waals surface area contributed by atoms with Gasteiger partial charge in [0.05, 0.1) is 16.8 Å². The lowest BCUT2D eigenvalue weighted by Crippen LogP contribution is -2.27. The summed E-state index contributed by atoms with van der Waals surface area (Å²) in [6.45, 7) is 3.23. The summed E-state index contributed by atoms with van der Waals surface area (Å²) in [4.78, 5) is 19.4. The SMILES string of the molecule is CCON=c1sc2cc(N3CC(CN)OC3=O)ccc2n1C. The average molecular weight is 322 g/mol. The number of anilines is 1. The van der Waals surface area contributed by atoms with Crippen LogP contribution in [0.15, 0.2) is 23.4 Å². The van der Waals surface area contributed by atoms with E-state index in [4.69, 9.17) is 15.3 Å². The van der Waals surface area contributed by atoms with Crippen molar-refractivity contribution < 1.29 is 14.4 Å². The van der Waals surface area contributed by atoms with Crippen molar-refractivity contribution in [2.24, 2.45) is 17.9 Å².